The van der Waals surface area contributed by atoms with Crippen LogP contribution < -0.4 is 5.32 Å². The van der Waals surface area contributed by atoms with Gasteiger partial charge in [-0.1, -0.05) is 6.92 Å². The lowest BCUT2D eigenvalue weighted by molar-refractivity contribution is -0.138. The van der Waals surface area contributed by atoms with Crippen LogP contribution >= 0.6 is 0 Å². The van der Waals surface area contributed by atoms with E-state index in [0.717, 1.165) is 32.7 Å². The number of amides is 1. The SMILES string of the molecule is CCNC1COCC1C(=O)N1CCN(C(C)C)CC1. The van der Waals surface area contributed by atoms with Crippen molar-refractivity contribution in [2.45, 2.75) is 32.9 Å². The average molecular weight is 269 g/mol. The van der Waals surface area contributed by atoms with Crippen molar-refractivity contribution in [1.29, 1.82) is 0 Å². The summed E-state index contributed by atoms with van der Waals surface area (Å²) in [6, 6.07) is 0.766. The number of rotatable bonds is 4. The smallest absolute Gasteiger partial charge is 0.229 e. The largest absolute Gasteiger partial charge is 0.379 e. The first kappa shape index (κ1) is 14.8. The molecule has 1 amide bonds. The minimum atomic E-state index is 0.00514. The van der Waals surface area contributed by atoms with Crippen LogP contribution in [0.5, 0.6) is 0 Å². The fourth-order valence-electron chi connectivity index (χ4n) is 2.95. The Bertz CT molecular complexity index is 301. The summed E-state index contributed by atoms with van der Waals surface area (Å²) in [4.78, 5) is 17.0. The summed E-state index contributed by atoms with van der Waals surface area (Å²) >= 11 is 0. The van der Waals surface area contributed by atoms with Gasteiger partial charge < -0.3 is 15.0 Å². The zero-order valence-corrected chi connectivity index (χ0v) is 12.4. The first-order chi connectivity index (χ1) is 9.13. The molecule has 0 aromatic carbocycles. The Balaban J connectivity index is 1.87. The van der Waals surface area contributed by atoms with E-state index >= 15 is 0 Å². The maximum atomic E-state index is 12.5. The number of carbonyl (C=O) groups is 1. The molecule has 2 aliphatic rings. The van der Waals surface area contributed by atoms with Crippen molar-refractivity contribution in [3.05, 3.63) is 0 Å². The van der Waals surface area contributed by atoms with Crippen molar-refractivity contribution in [2.75, 3.05) is 45.9 Å². The van der Waals surface area contributed by atoms with Gasteiger partial charge in [-0.05, 0) is 20.4 Å². The first-order valence-electron chi connectivity index (χ1n) is 7.47. The number of nitrogens with zero attached hydrogens (tertiary/aromatic N) is 2. The third-order valence-electron chi connectivity index (χ3n) is 4.22. The van der Waals surface area contributed by atoms with Crippen molar-refractivity contribution in [3.8, 4) is 0 Å². The van der Waals surface area contributed by atoms with Crippen LogP contribution in [0, 0.1) is 5.92 Å². The van der Waals surface area contributed by atoms with E-state index in [1.165, 1.54) is 0 Å². The molecule has 2 saturated heterocycles. The lowest BCUT2D eigenvalue weighted by atomic mass is 10.0. The summed E-state index contributed by atoms with van der Waals surface area (Å²) in [5.41, 5.74) is 0. The second-order valence-electron chi connectivity index (χ2n) is 5.76. The van der Waals surface area contributed by atoms with Gasteiger partial charge in [0.1, 0.15) is 0 Å². The summed E-state index contributed by atoms with van der Waals surface area (Å²) < 4.78 is 5.47. The van der Waals surface area contributed by atoms with Crippen LogP contribution in [0.4, 0.5) is 0 Å². The Hall–Kier alpha value is -0.650. The second-order valence-corrected chi connectivity index (χ2v) is 5.76. The van der Waals surface area contributed by atoms with Gasteiger partial charge >= 0.3 is 0 Å². The van der Waals surface area contributed by atoms with Crippen molar-refractivity contribution < 1.29 is 9.53 Å². The van der Waals surface area contributed by atoms with Gasteiger partial charge in [-0.15, -0.1) is 0 Å². The van der Waals surface area contributed by atoms with Crippen LogP contribution in [0.1, 0.15) is 20.8 Å². The molecule has 5 heteroatoms. The number of nitrogens with one attached hydrogen (secondary N) is 1. The summed E-state index contributed by atoms with van der Waals surface area (Å²) in [7, 11) is 0. The van der Waals surface area contributed by atoms with Crippen LogP contribution in [0.25, 0.3) is 0 Å². The highest BCUT2D eigenvalue weighted by molar-refractivity contribution is 5.80. The Morgan fingerprint density at radius 1 is 1.26 bits per heavy atom. The topological polar surface area (TPSA) is 44.8 Å². The highest BCUT2D eigenvalue weighted by atomic mass is 16.5. The van der Waals surface area contributed by atoms with Gasteiger partial charge in [0.2, 0.25) is 5.91 Å². The Labute approximate surface area is 116 Å². The molecule has 0 saturated carbocycles. The molecular weight excluding hydrogens is 242 g/mol. The Morgan fingerprint density at radius 2 is 1.95 bits per heavy atom. The summed E-state index contributed by atoms with van der Waals surface area (Å²) in [5, 5.41) is 3.36. The number of carbonyl (C=O) groups excluding carboxylic acids is 1. The van der Waals surface area contributed by atoms with E-state index in [0.29, 0.717) is 19.3 Å². The molecule has 0 aromatic heterocycles. The highest BCUT2D eigenvalue weighted by Gasteiger charge is 2.37. The quantitative estimate of drug-likeness (QED) is 0.790. The third kappa shape index (κ3) is 3.46. The molecule has 2 aliphatic heterocycles. The van der Waals surface area contributed by atoms with E-state index in [2.05, 4.69) is 31.0 Å². The number of hydrogen-bond acceptors (Lipinski definition) is 4. The van der Waals surface area contributed by atoms with Crippen molar-refractivity contribution in [3.63, 3.8) is 0 Å². The molecule has 2 heterocycles. The Kier molecular flexibility index (Phi) is 5.19. The highest BCUT2D eigenvalue weighted by Crippen LogP contribution is 2.18. The molecule has 2 atom stereocenters. The van der Waals surface area contributed by atoms with E-state index in [-0.39, 0.29) is 17.9 Å². The maximum Gasteiger partial charge on any atom is 0.229 e. The van der Waals surface area contributed by atoms with E-state index in [4.69, 9.17) is 4.74 Å². The Morgan fingerprint density at radius 3 is 2.53 bits per heavy atom. The third-order valence-corrected chi connectivity index (χ3v) is 4.22. The molecular formula is C14H27N3O2. The fourth-order valence-corrected chi connectivity index (χ4v) is 2.95. The molecule has 2 unspecified atom stereocenters. The van der Waals surface area contributed by atoms with Crippen LogP contribution in [0.15, 0.2) is 0 Å². The summed E-state index contributed by atoms with van der Waals surface area (Å²) in [6.45, 7) is 12.3. The molecule has 1 N–H and O–H groups in total. The minimum absolute atomic E-state index is 0.00514. The van der Waals surface area contributed by atoms with Gasteiger partial charge in [0.15, 0.2) is 0 Å². The fraction of sp³-hybridized carbons (Fsp3) is 0.929. The molecule has 0 aliphatic carbocycles. The van der Waals surface area contributed by atoms with Gasteiger partial charge in [-0.2, -0.15) is 0 Å². The maximum absolute atomic E-state index is 12.5. The number of likely N-dealkylation sites (N-methyl/N-ethyl adjacent to an activating group) is 1. The van der Waals surface area contributed by atoms with Crippen molar-refractivity contribution >= 4 is 5.91 Å². The molecule has 0 aromatic rings. The van der Waals surface area contributed by atoms with Crippen molar-refractivity contribution in [1.82, 2.24) is 15.1 Å². The standard InChI is InChI=1S/C14H27N3O2/c1-4-15-13-10-19-9-12(13)14(18)17-7-5-16(6-8-17)11(2)3/h11-13,15H,4-10H2,1-3H3. The number of ether oxygens (including phenoxy) is 1. The predicted octanol–water partition coefficient (Wildman–Crippen LogP) is 0.164. The predicted molar refractivity (Wildman–Crippen MR) is 75.1 cm³/mol. The molecule has 5 nitrogen and oxygen atoms in total. The molecule has 2 rings (SSSR count). The van der Waals surface area contributed by atoms with Crippen LogP contribution in [-0.4, -0.2) is 73.7 Å². The zero-order valence-electron chi connectivity index (χ0n) is 12.4. The summed E-state index contributed by atoms with van der Waals surface area (Å²) in [6.07, 6.45) is 0. The van der Waals surface area contributed by atoms with E-state index < -0.39 is 0 Å². The number of hydrogen-bond donors (Lipinski definition) is 1. The second kappa shape index (κ2) is 6.68. The van der Waals surface area contributed by atoms with Gasteiger partial charge in [0, 0.05) is 38.3 Å². The summed E-state index contributed by atoms with van der Waals surface area (Å²) in [5.74, 6) is 0.275. The molecule has 0 bridgehead atoms. The molecule has 2 fully saturated rings. The van der Waals surface area contributed by atoms with E-state index in [1.807, 2.05) is 4.90 Å². The van der Waals surface area contributed by atoms with Crippen LogP contribution in [-0.2, 0) is 9.53 Å². The van der Waals surface area contributed by atoms with Crippen molar-refractivity contribution in [2.24, 2.45) is 5.92 Å². The molecule has 110 valence electrons. The van der Waals surface area contributed by atoms with Gasteiger partial charge in [-0.3, -0.25) is 9.69 Å². The van der Waals surface area contributed by atoms with E-state index in [9.17, 15) is 4.79 Å². The minimum Gasteiger partial charge on any atom is -0.379 e. The monoisotopic (exact) mass is 269 g/mol. The van der Waals surface area contributed by atoms with Gasteiger partial charge in [0.05, 0.1) is 19.1 Å². The molecule has 0 spiro atoms. The lowest BCUT2D eigenvalue weighted by Gasteiger charge is -2.38. The molecule has 0 radical (unpaired) electrons. The van der Waals surface area contributed by atoms with Crippen LogP contribution in [0.3, 0.4) is 0 Å². The van der Waals surface area contributed by atoms with Crippen LogP contribution in [0.2, 0.25) is 0 Å². The van der Waals surface area contributed by atoms with Gasteiger partial charge in [0.25, 0.3) is 0 Å². The van der Waals surface area contributed by atoms with E-state index in [1.54, 1.807) is 0 Å². The van der Waals surface area contributed by atoms with Gasteiger partial charge in [-0.25, -0.2) is 0 Å². The normalized spacial score (nSPS) is 29.2. The lowest BCUT2D eigenvalue weighted by Crippen LogP contribution is -2.54. The first-order valence-corrected chi connectivity index (χ1v) is 7.47. The zero-order chi connectivity index (χ0) is 13.8. The average Bonchev–Trinajstić information content (AvgIpc) is 2.87. The number of piperazine rings is 1. The molecule has 19 heavy (non-hydrogen) atoms.